The summed E-state index contributed by atoms with van der Waals surface area (Å²) in [5.74, 6) is -1.32. The summed E-state index contributed by atoms with van der Waals surface area (Å²) >= 11 is 0. The van der Waals surface area contributed by atoms with Gasteiger partial charge in [0.2, 0.25) is 5.95 Å². The molecule has 2 aromatic heterocycles. The van der Waals surface area contributed by atoms with Crippen LogP contribution in [0.4, 0.5) is 19.1 Å². The van der Waals surface area contributed by atoms with Gasteiger partial charge in [0, 0.05) is 24.8 Å². The number of carbonyl (C=O) groups is 1. The van der Waals surface area contributed by atoms with Crippen LogP contribution in [0.15, 0.2) is 18.5 Å². The Kier molecular flexibility index (Phi) is 4.36. The number of carboxylic acids is 1. The molecule has 3 heterocycles. The molecular weight excluding hydrogens is 339 g/mol. The van der Waals surface area contributed by atoms with Crippen LogP contribution in [0.2, 0.25) is 0 Å². The molecule has 7 nitrogen and oxygen atoms in total. The molecule has 1 fully saturated rings. The zero-order valence-electron chi connectivity index (χ0n) is 13.4. The highest BCUT2D eigenvalue weighted by Gasteiger charge is 2.37. The van der Waals surface area contributed by atoms with Gasteiger partial charge in [-0.2, -0.15) is 18.3 Å². The molecule has 1 atom stereocenters. The van der Waals surface area contributed by atoms with E-state index in [1.54, 1.807) is 10.9 Å². The minimum absolute atomic E-state index is 0.0630. The van der Waals surface area contributed by atoms with Crippen LogP contribution in [-0.4, -0.2) is 43.4 Å². The second-order valence-electron chi connectivity index (χ2n) is 5.71. The molecule has 10 heteroatoms. The molecule has 25 heavy (non-hydrogen) atoms. The fraction of sp³-hybridized carbons (Fsp3) is 0.467. The van der Waals surface area contributed by atoms with Gasteiger partial charge in [-0.25, -0.2) is 14.8 Å². The summed E-state index contributed by atoms with van der Waals surface area (Å²) in [6.45, 7) is 2.72. The van der Waals surface area contributed by atoms with Gasteiger partial charge in [-0.15, -0.1) is 0 Å². The first-order valence-corrected chi connectivity index (χ1v) is 7.78. The number of aromatic nitrogens is 4. The summed E-state index contributed by atoms with van der Waals surface area (Å²) in [4.78, 5) is 20.4. The first-order chi connectivity index (χ1) is 11.8. The fourth-order valence-electron chi connectivity index (χ4n) is 2.79. The summed E-state index contributed by atoms with van der Waals surface area (Å²) in [7, 11) is 0. The van der Waals surface area contributed by atoms with E-state index < -0.39 is 23.9 Å². The summed E-state index contributed by atoms with van der Waals surface area (Å²) in [5, 5.41) is 13.3. The van der Waals surface area contributed by atoms with Gasteiger partial charge in [-0.1, -0.05) is 0 Å². The lowest BCUT2D eigenvalue weighted by Crippen LogP contribution is -2.37. The predicted octanol–water partition coefficient (Wildman–Crippen LogP) is 2.43. The van der Waals surface area contributed by atoms with E-state index in [-0.39, 0.29) is 11.6 Å². The predicted molar refractivity (Wildman–Crippen MR) is 81.9 cm³/mol. The number of hydrogen-bond acceptors (Lipinski definition) is 5. The number of halogens is 3. The van der Waals surface area contributed by atoms with Crippen molar-refractivity contribution < 1.29 is 23.1 Å². The Balaban J connectivity index is 2.09. The van der Waals surface area contributed by atoms with E-state index in [0.29, 0.717) is 31.5 Å². The van der Waals surface area contributed by atoms with Gasteiger partial charge in [0.05, 0.1) is 11.9 Å². The van der Waals surface area contributed by atoms with E-state index in [1.165, 1.54) is 11.1 Å². The third kappa shape index (κ3) is 3.42. The minimum atomic E-state index is -4.66. The lowest BCUT2D eigenvalue weighted by molar-refractivity contribution is -0.141. The van der Waals surface area contributed by atoms with Crippen LogP contribution in [-0.2, 0) is 17.5 Å². The van der Waals surface area contributed by atoms with E-state index in [2.05, 4.69) is 15.1 Å². The molecule has 3 rings (SSSR count). The zero-order valence-corrected chi connectivity index (χ0v) is 13.4. The van der Waals surface area contributed by atoms with Gasteiger partial charge in [0.15, 0.2) is 5.69 Å². The summed E-state index contributed by atoms with van der Waals surface area (Å²) < 4.78 is 41.3. The molecule has 1 aliphatic heterocycles. The molecule has 0 saturated carbocycles. The SMILES string of the molecule is CCn1cc(-c2cc(C(F)(F)F)nc(N3CCC[C@H]3C(=O)O)n2)cn1. The first-order valence-electron chi connectivity index (χ1n) is 7.78. The molecule has 0 spiro atoms. The Labute approximate surface area is 141 Å². The van der Waals surface area contributed by atoms with Gasteiger partial charge < -0.3 is 10.0 Å². The Bertz CT molecular complexity index is 790. The number of alkyl halides is 3. The number of anilines is 1. The summed E-state index contributed by atoms with van der Waals surface area (Å²) in [6, 6.07) is -0.0680. The molecule has 0 unspecified atom stereocenters. The first kappa shape index (κ1) is 17.2. The van der Waals surface area contributed by atoms with Crippen molar-refractivity contribution in [1.29, 1.82) is 0 Å². The Morgan fingerprint density at radius 3 is 2.76 bits per heavy atom. The summed E-state index contributed by atoms with van der Waals surface area (Å²) in [5.41, 5.74) is -0.622. The van der Waals surface area contributed by atoms with Crippen LogP contribution in [0.25, 0.3) is 11.3 Å². The van der Waals surface area contributed by atoms with Crippen LogP contribution < -0.4 is 4.90 Å². The van der Waals surface area contributed by atoms with Gasteiger partial charge in [-0.05, 0) is 25.8 Å². The molecule has 0 aromatic carbocycles. The van der Waals surface area contributed by atoms with Crippen LogP contribution >= 0.6 is 0 Å². The normalized spacial score (nSPS) is 17.9. The van der Waals surface area contributed by atoms with Crippen molar-refractivity contribution in [2.24, 2.45) is 0 Å². The molecule has 1 N–H and O–H groups in total. The molecule has 0 amide bonds. The van der Waals surface area contributed by atoms with Gasteiger partial charge in [-0.3, -0.25) is 4.68 Å². The van der Waals surface area contributed by atoms with Crippen LogP contribution in [0.5, 0.6) is 0 Å². The maximum absolute atomic E-state index is 13.2. The monoisotopic (exact) mass is 355 g/mol. The van der Waals surface area contributed by atoms with Crippen LogP contribution in [0.3, 0.4) is 0 Å². The number of nitrogens with zero attached hydrogens (tertiary/aromatic N) is 5. The third-order valence-electron chi connectivity index (χ3n) is 4.05. The maximum atomic E-state index is 13.2. The topological polar surface area (TPSA) is 84.1 Å². The Morgan fingerprint density at radius 1 is 1.40 bits per heavy atom. The molecule has 0 bridgehead atoms. The van der Waals surface area contributed by atoms with Crippen molar-refractivity contribution in [3.63, 3.8) is 0 Å². The lowest BCUT2D eigenvalue weighted by Gasteiger charge is -2.22. The van der Waals surface area contributed by atoms with E-state index in [0.717, 1.165) is 6.07 Å². The molecule has 1 saturated heterocycles. The highest BCUT2D eigenvalue weighted by atomic mass is 19.4. The highest BCUT2D eigenvalue weighted by molar-refractivity contribution is 5.78. The van der Waals surface area contributed by atoms with Crippen LogP contribution in [0.1, 0.15) is 25.5 Å². The quantitative estimate of drug-likeness (QED) is 0.907. The average molecular weight is 355 g/mol. The number of aryl methyl sites for hydroxylation is 1. The lowest BCUT2D eigenvalue weighted by atomic mass is 10.2. The molecule has 0 radical (unpaired) electrons. The largest absolute Gasteiger partial charge is 0.480 e. The number of rotatable bonds is 4. The van der Waals surface area contributed by atoms with Crippen molar-refractivity contribution in [2.45, 2.75) is 38.5 Å². The molecule has 2 aromatic rings. The van der Waals surface area contributed by atoms with Crippen molar-refractivity contribution >= 4 is 11.9 Å². The second-order valence-corrected chi connectivity index (χ2v) is 5.71. The molecule has 134 valence electrons. The van der Waals surface area contributed by atoms with Gasteiger partial charge >= 0.3 is 12.1 Å². The zero-order chi connectivity index (χ0) is 18.2. The van der Waals surface area contributed by atoms with Crippen molar-refractivity contribution in [2.75, 3.05) is 11.4 Å². The van der Waals surface area contributed by atoms with E-state index in [4.69, 9.17) is 0 Å². The molecule has 0 aliphatic carbocycles. The van der Waals surface area contributed by atoms with Crippen molar-refractivity contribution in [1.82, 2.24) is 19.7 Å². The number of hydrogen-bond donors (Lipinski definition) is 1. The van der Waals surface area contributed by atoms with E-state index in [1.807, 2.05) is 6.92 Å². The smallest absolute Gasteiger partial charge is 0.433 e. The third-order valence-corrected chi connectivity index (χ3v) is 4.05. The second kappa shape index (κ2) is 6.34. The maximum Gasteiger partial charge on any atom is 0.433 e. The minimum Gasteiger partial charge on any atom is -0.480 e. The van der Waals surface area contributed by atoms with Crippen molar-refractivity contribution in [3.8, 4) is 11.3 Å². The molecular formula is C15H16F3N5O2. The standard InChI is InChI=1S/C15H16F3N5O2/c1-2-22-8-9(7-19-22)10-6-12(15(16,17)18)21-14(20-10)23-5-3-4-11(23)13(24)25/h6-8,11H,2-5H2,1H3,(H,24,25)/t11-/m0/s1. The number of aliphatic carboxylic acids is 1. The van der Waals surface area contributed by atoms with E-state index in [9.17, 15) is 23.1 Å². The highest BCUT2D eigenvalue weighted by Crippen LogP contribution is 2.33. The number of carboxylic acid groups (broad SMARTS) is 1. The van der Waals surface area contributed by atoms with Gasteiger partial charge in [0.1, 0.15) is 6.04 Å². The summed E-state index contributed by atoms with van der Waals surface area (Å²) in [6.07, 6.45) is -0.747. The Hall–Kier alpha value is -2.65. The van der Waals surface area contributed by atoms with Gasteiger partial charge in [0.25, 0.3) is 0 Å². The molecule has 1 aliphatic rings. The van der Waals surface area contributed by atoms with E-state index >= 15 is 0 Å². The van der Waals surface area contributed by atoms with Crippen LogP contribution in [0, 0.1) is 0 Å². The van der Waals surface area contributed by atoms with Crippen molar-refractivity contribution in [3.05, 3.63) is 24.2 Å². The Morgan fingerprint density at radius 2 is 2.16 bits per heavy atom. The fourth-order valence-corrected chi connectivity index (χ4v) is 2.79. The average Bonchev–Trinajstić information content (AvgIpc) is 3.22.